The standard InChI is InChI=1S/C18H26N2O2/c1-18(2,3)22-17(21)20-11-10-14(12-20)19-16-9-8-13-6-4-5-7-15(13)16/h4-7,14,16,19H,8-12H2,1-3H3. The number of benzene rings is 1. The molecule has 1 N–H and O–H groups in total. The zero-order chi connectivity index (χ0) is 15.7. The highest BCUT2D eigenvalue weighted by molar-refractivity contribution is 5.68. The van der Waals surface area contributed by atoms with E-state index in [9.17, 15) is 4.79 Å². The summed E-state index contributed by atoms with van der Waals surface area (Å²) >= 11 is 0. The maximum atomic E-state index is 12.1. The highest BCUT2D eigenvalue weighted by atomic mass is 16.6. The van der Waals surface area contributed by atoms with Crippen LogP contribution in [0.25, 0.3) is 0 Å². The largest absolute Gasteiger partial charge is 0.444 e. The van der Waals surface area contributed by atoms with Gasteiger partial charge in [0.1, 0.15) is 5.60 Å². The third-order valence-electron chi connectivity index (χ3n) is 4.41. The van der Waals surface area contributed by atoms with Crippen LogP contribution in [0.2, 0.25) is 0 Å². The minimum atomic E-state index is -0.424. The number of hydrogen-bond donors (Lipinski definition) is 1. The van der Waals surface area contributed by atoms with Crippen molar-refractivity contribution in [1.29, 1.82) is 0 Å². The molecule has 0 saturated carbocycles. The van der Waals surface area contributed by atoms with Gasteiger partial charge in [-0.25, -0.2) is 4.79 Å². The fourth-order valence-electron chi connectivity index (χ4n) is 3.40. The lowest BCUT2D eigenvalue weighted by Crippen LogP contribution is -2.39. The number of amides is 1. The number of carbonyl (C=O) groups excluding carboxylic acids is 1. The van der Waals surface area contributed by atoms with Gasteiger partial charge in [0.05, 0.1) is 0 Å². The van der Waals surface area contributed by atoms with Crippen molar-refractivity contribution in [1.82, 2.24) is 10.2 Å². The van der Waals surface area contributed by atoms with Gasteiger partial charge in [-0.05, 0) is 51.2 Å². The quantitative estimate of drug-likeness (QED) is 0.911. The zero-order valence-corrected chi connectivity index (χ0v) is 13.8. The van der Waals surface area contributed by atoms with E-state index in [0.717, 1.165) is 32.4 Å². The molecule has 120 valence electrons. The van der Waals surface area contributed by atoms with Crippen molar-refractivity contribution in [3.63, 3.8) is 0 Å². The number of ether oxygens (including phenoxy) is 1. The average Bonchev–Trinajstić information content (AvgIpc) is 3.05. The summed E-state index contributed by atoms with van der Waals surface area (Å²) in [4.78, 5) is 13.9. The van der Waals surface area contributed by atoms with Crippen LogP contribution in [0.3, 0.4) is 0 Å². The van der Waals surface area contributed by atoms with Gasteiger partial charge in [0.25, 0.3) is 0 Å². The maximum Gasteiger partial charge on any atom is 0.410 e. The van der Waals surface area contributed by atoms with E-state index in [1.165, 1.54) is 11.1 Å². The molecule has 1 saturated heterocycles. The number of rotatable bonds is 2. The van der Waals surface area contributed by atoms with Crippen molar-refractivity contribution in [2.45, 2.75) is 57.7 Å². The number of aryl methyl sites for hydroxylation is 1. The van der Waals surface area contributed by atoms with Gasteiger partial charge in [-0.3, -0.25) is 0 Å². The van der Waals surface area contributed by atoms with Crippen LogP contribution in [-0.4, -0.2) is 35.7 Å². The molecule has 0 spiro atoms. The molecule has 3 rings (SSSR count). The first-order valence-electron chi connectivity index (χ1n) is 8.24. The molecule has 1 heterocycles. The van der Waals surface area contributed by atoms with Crippen molar-refractivity contribution in [3.05, 3.63) is 35.4 Å². The zero-order valence-electron chi connectivity index (χ0n) is 13.8. The van der Waals surface area contributed by atoms with Crippen LogP contribution in [-0.2, 0) is 11.2 Å². The van der Waals surface area contributed by atoms with Gasteiger partial charge in [-0.2, -0.15) is 0 Å². The van der Waals surface area contributed by atoms with Crippen LogP contribution in [0.15, 0.2) is 24.3 Å². The first kappa shape index (κ1) is 15.3. The third kappa shape index (κ3) is 3.43. The number of hydrogen-bond acceptors (Lipinski definition) is 3. The monoisotopic (exact) mass is 302 g/mol. The van der Waals surface area contributed by atoms with Gasteiger partial charge < -0.3 is 15.0 Å². The molecule has 2 unspecified atom stereocenters. The minimum Gasteiger partial charge on any atom is -0.444 e. The molecule has 1 aliphatic heterocycles. The SMILES string of the molecule is CC(C)(C)OC(=O)N1CCC(NC2CCc3ccccc32)C1. The maximum absolute atomic E-state index is 12.1. The van der Waals surface area contributed by atoms with Crippen LogP contribution in [0.5, 0.6) is 0 Å². The Morgan fingerprint density at radius 3 is 2.82 bits per heavy atom. The molecule has 0 bridgehead atoms. The van der Waals surface area contributed by atoms with Crippen molar-refractivity contribution in [2.24, 2.45) is 0 Å². The van der Waals surface area contributed by atoms with Crippen molar-refractivity contribution in [3.8, 4) is 0 Å². The van der Waals surface area contributed by atoms with Crippen LogP contribution in [0.1, 0.15) is 50.8 Å². The molecule has 2 atom stereocenters. The number of nitrogens with zero attached hydrogens (tertiary/aromatic N) is 1. The lowest BCUT2D eigenvalue weighted by Gasteiger charge is -2.25. The molecule has 1 aromatic carbocycles. The topological polar surface area (TPSA) is 41.6 Å². The van der Waals surface area contributed by atoms with Gasteiger partial charge in [-0.15, -0.1) is 0 Å². The lowest BCUT2D eigenvalue weighted by atomic mass is 10.1. The molecule has 1 amide bonds. The first-order valence-corrected chi connectivity index (χ1v) is 8.24. The normalized spacial score (nSPS) is 24.4. The van der Waals surface area contributed by atoms with E-state index in [0.29, 0.717) is 12.1 Å². The molecule has 22 heavy (non-hydrogen) atoms. The van der Waals surface area contributed by atoms with E-state index in [4.69, 9.17) is 4.74 Å². The van der Waals surface area contributed by atoms with Crippen LogP contribution < -0.4 is 5.32 Å². The van der Waals surface area contributed by atoms with Crippen molar-refractivity contribution in [2.75, 3.05) is 13.1 Å². The van der Waals surface area contributed by atoms with Gasteiger partial charge in [-0.1, -0.05) is 24.3 Å². The minimum absolute atomic E-state index is 0.191. The van der Waals surface area contributed by atoms with Crippen LogP contribution in [0.4, 0.5) is 4.79 Å². The van der Waals surface area contributed by atoms with Crippen molar-refractivity contribution < 1.29 is 9.53 Å². The fraction of sp³-hybridized carbons (Fsp3) is 0.611. The fourth-order valence-corrected chi connectivity index (χ4v) is 3.40. The summed E-state index contributed by atoms with van der Waals surface area (Å²) in [5.74, 6) is 0. The Hall–Kier alpha value is -1.55. The molecule has 4 heteroatoms. The van der Waals surface area contributed by atoms with E-state index < -0.39 is 5.60 Å². The summed E-state index contributed by atoms with van der Waals surface area (Å²) in [5, 5.41) is 3.73. The molecule has 1 fully saturated rings. The van der Waals surface area contributed by atoms with E-state index in [1.54, 1.807) is 0 Å². The predicted octanol–water partition coefficient (Wildman–Crippen LogP) is 3.27. The molecule has 0 radical (unpaired) electrons. The van der Waals surface area contributed by atoms with Crippen LogP contribution in [0, 0.1) is 0 Å². The molecule has 2 aliphatic rings. The number of nitrogens with one attached hydrogen (secondary N) is 1. The number of fused-ring (bicyclic) bond motifs is 1. The van der Waals surface area contributed by atoms with Gasteiger partial charge in [0, 0.05) is 25.2 Å². The number of likely N-dealkylation sites (tertiary alicyclic amines) is 1. The van der Waals surface area contributed by atoms with Crippen LogP contribution >= 0.6 is 0 Å². The second-order valence-corrected chi connectivity index (χ2v) is 7.37. The summed E-state index contributed by atoms with van der Waals surface area (Å²) in [6.07, 6.45) is 3.11. The summed E-state index contributed by atoms with van der Waals surface area (Å²) in [5.41, 5.74) is 2.47. The Morgan fingerprint density at radius 2 is 2.05 bits per heavy atom. The first-order chi connectivity index (χ1) is 10.4. The van der Waals surface area contributed by atoms with Crippen molar-refractivity contribution >= 4 is 6.09 Å². The second kappa shape index (κ2) is 5.92. The lowest BCUT2D eigenvalue weighted by molar-refractivity contribution is 0.0290. The molecular formula is C18H26N2O2. The average molecular weight is 302 g/mol. The smallest absolute Gasteiger partial charge is 0.410 e. The van der Waals surface area contributed by atoms with E-state index in [1.807, 2.05) is 25.7 Å². The van der Waals surface area contributed by atoms with Gasteiger partial charge in [0.15, 0.2) is 0 Å². The molecule has 1 aliphatic carbocycles. The van der Waals surface area contributed by atoms with E-state index in [2.05, 4.69) is 29.6 Å². The second-order valence-electron chi connectivity index (χ2n) is 7.37. The molecule has 0 aromatic heterocycles. The molecular weight excluding hydrogens is 276 g/mol. The molecule has 1 aromatic rings. The summed E-state index contributed by atoms with van der Waals surface area (Å²) in [7, 11) is 0. The molecule has 4 nitrogen and oxygen atoms in total. The van der Waals surface area contributed by atoms with Gasteiger partial charge >= 0.3 is 6.09 Å². The summed E-state index contributed by atoms with van der Waals surface area (Å²) < 4.78 is 5.46. The Morgan fingerprint density at radius 1 is 1.27 bits per heavy atom. The Balaban J connectivity index is 1.55. The predicted molar refractivity (Wildman–Crippen MR) is 86.9 cm³/mol. The summed E-state index contributed by atoms with van der Waals surface area (Å²) in [6, 6.07) is 9.46. The number of carbonyl (C=O) groups is 1. The van der Waals surface area contributed by atoms with E-state index in [-0.39, 0.29) is 6.09 Å². The Labute approximate surface area is 132 Å². The van der Waals surface area contributed by atoms with Gasteiger partial charge in [0.2, 0.25) is 0 Å². The Bertz CT molecular complexity index is 550. The third-order valence-corrected chi connectivity index (χ3v) is 4.41. The van der Waals surface area contributed by atoms with E-state index >= 15 is 0 Å². The highest BCUT2D eigenvalue weighted by Crippen LogP contribution is 2.31. The highest BCUT2D eigenvalue weighted by Gasteiger charge is 2.32. The Kier molecular flexibility index (Phi) is 4.13. The summed E-state index contributed by atoms with van der Waals surface area (Å²) in [6.45, 7) is 7.25.